The maximum absolute atomic E-state index is 14.4. The van der Waals surface area contributed by atoms with Crippen molar-refractivity contribution in [2.75, 3.05) is 33.1 Å². The SMILES string of the molecule is COc1c(OCC23CCN(C(=O)OC(C)C)CC2C3)ncnc1Oc1ccc(SC)cc1F. The van der Waals surface area contributed by atoms with Crippen molar-refractivity contribution in [3.8, 4) is 23.3 Å². The molecule has 2 heterocycles. The van der Waals surface area contributed by atoms with Crippen molar-refractivity contribution >= 4 is 17.9 Å². The highest BCUT2D eigenvalue weighted by Gasteiger charge is 2.58. The number of likely N-dealkylation sites (tertiary alicyclic amines) is 1. The molecule has 2 atom stereocenters. The molecule has 2 fully saturated rings. The molecular formula is C23H28FN3O5S. The van der Waals surface area contributed by atoms with Crippen molar-refractivity contribution in [1.82, 2.24) is 14.9 Å². The molecule has 4 rings (SSSR count). The second-order valence-corrected chi connectivity index (χ2v) is 9.48. The molecule has 0 N–H and O–H groups in total. The van der Waals surface area contributed by atoms with Gasteiger partial charge in [-0.1, -0.05) is 0 Å². The van der Waals surface area contributed by atoms with Gasteiger partial charge in [0, 0.05) is 23.4 Å². The van der Waals surface area contributed by atoms with Gasteiger partial charge in [-0.2, -0.15) is 9.97 Å². The van der Waals surface area contributed by atoms with Gasteiger partial charge in [0.25, 0.3) is 11.8 Å². The minimum absolute atomic E-state index is 0.00531. The van der Waals surface area contributed by atoms with E-state index in [9.17, 15) is 9.18 Å². The third kappa shape index (κ3) is 5.10. The topological polar surface area (TPSA) is 83.0 Å². The van der Waals surface area contributed by atoms with Gasteiger partial charge in [-0.3, -0.25) is 0 Å². The number of carbonyl (C=O) groups is 1. The van der Waals surface area contributed by atoms with Gasteiger partial charge in [-0.05, 0) is 57.1 Å². The summed E-state index contributed by atoms with van der Waals surface area (Å²) < 4.78 is 36.8. The summed E-state index contributed by atoms with van der Waals surface area (Å²) in [5.41, 5.74) is 0.00531. The number of methoxy groups -OCH3 is 1. The first kappa shape index (κ1) is 23.4. The van der Waals surface area contributed by atoms with E-state index in [-0.39, 0.29) is 40.9 Å². The Labute approximate surface area is 196 Å². The Kier molecular flexibility index (Phi) is 6.83. The molecule has 0 spiro atoms. The molecule has 1 amide bonds. The number of hydrogen-bond donors (Lipinski definition) is 0. The molecule has 0 bridgehead atoms. The fraction of sp³-hybridized carbons (Fsp3) is 0.522. The Morgan fingerprint density at radius 1 is 1.33 bits per heavy atom. The number of rotatable bonds is 8. The van der Waals surface area contributed by atoms with Crippen LogP contribution in [0, 0.1) is 17.2 Å². The summed E-state index contributed by atoms with van der Waals surface area (Å²) in [6, 6.07) is 4.72. The Hall–Kier alpha value is -2.75. The smallest absolute Gasteiger partial charge is 0.410 e. The fourth-order valence-corrected chi connectivity index (χ4v) is 4.53. The van der Waals surface area contributed by atoms with E-state index in [1.807, 2.05) is 20.1 Å². The van der Waals surface area contributed by atoms with Crippen molar-refractivity contribution in [2.24, 2.45) is 11.3 Å². The van der Waals surface area contributed by atoms with E-state index in [1.54, 1.807) is 17.0 Å². The lowest BCUT2D eigenvalue weighted by molar-refractivity contribution is 0.0585. The third-order valence-electron chi connectivity index (χ3n) is 6.06. The fourth-order valence-electron chi connectivity index (χ4n) is 4.10. The van der Waals surface area contributed by atoms with Crippen LogP contribution in [0.1, 0.15) is 26.7 Å². The van der Waals surface area contributed by atoms with E-state index >= 15 is 0 Å². The van der Waals surface area contributed by atoms with Crippen molar-refractivity contribution < 1.29 is 28.1 Å². The number of carbonyl (C=O) groups excluding carboxylic acids is 1. The predicted molar refractivity (Wildman–Crippen MR) is 121 cm³/mol. The molecule has 1 saturated carbocycles. The first-order valence-corrected chi connectivity index (χ1v) is 12.1. The summed E-state index contributed by atoms with van der Waals surface area (Å²) >= 11 is 1.44. The van der Waals surface area contributed by atoms with E-state index in [1.165, 1.54) is 31.3 Å². The molecule has 178 valence electrons. The van der Waals surface area contributed by atoms with Crippen LogP contribution in [-0.2, 0) is 4.74 Å². The van der Waals surface area contributed by atoms with E-state index in [0.29, 0.717) is 25.6 Å². The molecule has 0 radical (unpaired) electrons. The van der Waals surface area contributed by atoms with Crippen LogP contribution in [-0.4, -0.2) is 60.1 Å². The van der Waals surface area contributed by atoms with Crippen LogP contribution in [0.15, 0.2) is 29.4 Å². The van der Waals surface area contributed by atoms with Gasteiger partial charge in [0.1, 0.15) is 6.33 Å². The van der Waals surface area contributed by atoms with Gasteiger partial charge in [0.2, 0.25) is 5.75 Å². The van der Waals surface area contributed by atoms with Gasteiger partial charge in [-0.15, -0.1) is 11.8 Å². The lowest BCUT2D eigenvalue weighted by Gasteiger charge is -2.31. The zero-order valence-electron chi connectivity index (χ0n) is 19.2. The molecule has 2 aromatic rings. The molecule has 1 aromatic carbocycles. The minimum atomic E-state index is -0.493. The summed E-state index contributed by atoms with van der Waals surface area (Å²) in [6.45, 7) is 5.42. The van der Waals surface area contributed by atoms with Crippen LogP contribution in [0.5, 0.6) is 23.3 Å². The lowest BCUT2D eigenvalue weighted by atomic mass is 9.96. The van der Waals surface area contributed by atoms with Gasteiger partial charge < -0.3 is 23.8 Å². The molecule has 1 saturated heterocycles. The molecule has 2 aliphatic rings. The van der Waals surface area contributed by atoms with Crippen LogP contribution in [0.2, 0.25) is 0 Å². The highest BCUT2D eigenvalue weighted by molar-refractivity contribution is 7.98. The molecule has 10 heteroatoms. The van der Waals surface area contributed by atoms with Crippen molar-refractivity contribution in [3.05, 3.63) is 30.3 Å². The van der Waals surface area contributed by atoms with Gasteiger partial charge in [0.05, 0.1) is 19.8 Å². The van der Waals surface area contributed by atoms with Crippen molar-refractivity contribution in [1.29, 1.82) is 0 Å². The normalized spacial score (nSPS) is 21.4. The standard InChI is InChI=1S/C23H28FN3O5S/c1-14(2)31-22(28)27-8-7-23(10-15(23)11-27)12-30-20-19(29-3)21(26-13-25-20)32-18-6-5-16(33-4)9-17(18)24/h5-6,9,13-15H,7-8,10-12H2,1-4H3. The molecular weight excluding hydrogens is 449 g/mol. The van der Waals surface area contributed by atoms with Crippen LogP contribution >= 0.6 is 11.8 Å². The Bertz CT molecular complexity index is 1020. The van der Waals surface area contributed by atoms with E-state index < -0.39 is 5.82 Å². The van der Waals surface area contributed by atoms with E-state index in [0.717, 1.165) is 17.7 Å². The number of nitrogens with zero attached hydrogens (tertiary/aromatic N) is 3. The van der Waals surface area contributed by atoms with Crippen molar-refractivity contribution in [2.45, 2.75) is 37.7 Å². The number of ether oxygens (including phenoxy) is 4. The maximum Gasteiger partial charge on any atom is 0.410 e. The van der Waals surface area contributed by atoms with Crippen LogP contribution in [0.4, 0.5) is 9.18 Å². The summed E-state index contributed by atoms with van der Waals surface area (Å²) in [4.78, 5) is 23.0. The van der Waals surface area contributed by atoms with Gasteiger partial charge in [-0.25, -0.2) is 9.18 Å². The first-order valence-electron chi connectivity index (χ1n) is 10.8. The summed E-state index contributed by atoms with van der Waals surface area (Å²) in [6.07, 6.45) is 4.58. The Morgan fingerprint density at radius 2 is 2.12 bits per heavy atom. The number of thioether (sulfide) groups is 1. The van der Waals surface area contributed by atoms with E-state index in [4.69, 9.17) is 18.9 Å². The molecule has 33 heavy (non-hydrogen) atoms. The lowest BCUT2D eigenvalue weighted by Crippen LogP contribution is -2.41. The van der Waals surface area contributed by atoms with Gasteiger partial charge >= 0.3 is 6.09 Å². The quantitative estimate of drug-likeness (QED) is 0.503. The maximum atomic E-state index is 14.4. The number of aromatic nitrogens is 2. The number of piperidine rings is 1. The summed E-state index contributed by atoms with van der Waals surface area (Å²) in [5.74, 6) is 0.431. The Balaban J connectivity index is 1.40. The first-order chi connectivity index (χ1) is 15.8. The average molecular weight is 478 g/mol. The van der Waals surface area contributed by atoms with Crippen LogP contribution in [0.25, 0.3) is 0 Å². The number of hydrogen-bond acceptors (Lipinski definition) is 8. The molecule has 2 unspecified atom stereocenters. The highest BCUT2D eigenvalue weighted by atomic mass is 32.2. The zero-order valence-corrected chi connectivity index (χ0v) is 20.0. The van der Waals surface area contributed by atoms with Crippen LogP contribution in [0.3, 0.4) is 0 Å². The molecule has 1 aliphatic heterocycles. The third-order valence-corrected chi connectivity index (χ3v) is 6.78. The van der Waals surface area contributed by atoms with E-state index in [2.05, 4.69) is 9.97 Å². The second-order valence-electron chi connectivity index (χ2n) is 8.60. The molecule has 1 aromatic heterocycles. The number of halogens is 1. The predicted octanol–water partition coefficient (Wildman–Crippen LogP) is 4.77. The minimum Gasteiger partial charge on any atom is -0.487 e. The number of fused-ring (bicyclic) bond motifs is 1. The average Bonchev–Trinajstić information content (AvgIpc) is 3.52. The van der Waals surface area contributed by atoms with Crippen molar-refractivity contribution in [3.63, 3.8) is 0 Å². The monoisotopic (exact) mass is 477 g/mol. The molecule has 8 nitrogen and oxygen atoms in total. The van der Waals surface area contributed by atoms with Gasteiger partial charge in [0.15, 0.2) is 11.6 Å². The zero-order chi connectivity index (χ0) is 23.6. The van der Waals surface area contributed by atoms with Crippen LogP contribution < -0.4 is 14.2 Å². The Morgan fingerprint density at radius 3 is 2.79 bits per heavy atom. The number of amides is 1. The molecule has 1 aliphatic carbocycles. The number of benzene rings is 1. The summed E-state index contributed by atoms with van der Waals surface area (Å²) in [5, 5.41) is 0. The highest BCUT2D eigenvalue weighted by Crippen LogP contribution is 2.58. The largest absolute Gasteiger partial charge is 0.487 e. The second kappa shape index (κ2) is 9.62. The summed E-state index contributed by atoms with van der Waals surface area (Å²) in [7, 11) is 1.46.